The minimum atomic E-state index is 0.469. The van der Waals surface area contributed by atoms with E-state index < -0.39 is 0 Å². The van der Waals surface area contributed by atoms with Gasteiger partial charge in [0.25, 0.3) is 0 Å². The third kappa shape index (κ3) is 4.08. The second-order valence-electron chi connectivity index (χ2n) is 5.27. The predicted octanol–water partition coefficient (Wildman–Crippen LogP) is 1.79. The number of aryl methyl sites for hydroxylation is 1. The van der Waals surface area contributed by atoms with Crippen molar-refractivity contribution in [1.82, 2.24) is 30.2 Å². The van der Waals surface area contributed by atoms with Crippen LogP contribution in [0.1, 0.15) is 23.4 Å². The summed E-state index contributed by atoms with van der Waals surface area (Å²) in [6.07, 6.45) is 2.83. The fourth-order valence-corrected chi connectivity index (χ4v) is 2.97. The summed E-state index contributed by atoms with van der Waals surface area (Å²) < 4.78 is 1.95. The monoisotopic (exact) mass is 343 g/mol. The van der Waals surface area contributed by atoms with Gasteiger partial charge in [-0.2, -0.15) is 0 Å². The Labute approximate surface area is 144 Å². The smallest absolute Gasteiger partial charge is 0.191 e. The first-order valence-electron chi connectivity index (χ1n) is 7.98. The van der Waals surface area contributed by atoms with Gasteiger partial charge >= 0.3 is 0 Å². The van der Waals surface area contributed by atoms with Crippen LogP contribution in [0.5, 0.6) is 0 Å². The van der Waals surface area contributed by atoms with Gasteiger partial charge in [0.05, 0.1) is 10.7 Å². The Balaban J connectivity index is 1.60. The number of hydrogen-bond acceptors (Lipinski definition) is 5. The lowest BCUT2D eigenvalue weighted by Crippen LogP contribution is -2.38. The molecule has 0 saturated carbocycles. The zero-order valence-corrected chi connectivity index (χ0v) is 14.7. The molecule has 126 valence electrons. The summed E-state index contributed by atoms with van der Waals surface area (Å²) in [6.45, 7) is 6.14. The van der Waals surface area contributed by atoms with E-state index >= 15 is 0 Å². The lowest BCUT2D eigenvalue weighted by Gasteiger charge is -2.10. The van der Waals surface area contributed by atoms with Crippen LogP contribution >= 0.6 is 11.3 Å². The van der Waals surface area contributed by atoms with Crippen LogP contribution in [0.2, 0.25) is 0 Å². The van der Waals surface area contributed by atoms with Crippen LogP contribution in [0.15, 0.2) is 34.8 Å². The molecule has 0 radical (unpaired) electrons. The summed E-state index contributed by atoms with van der Waals surface area (Å²) in [6, 6.07) is 5.84. The third-order valence-electron chi connectivity index (χ3n) is 3.45. The molecule has 0 spiro atoms. The maximum Gasteiger partial charge on any atom is 0.191 e. The molecule has 3 aromatic rings. The SMILES string of the molecule is CCNC(=NCc1nnc2ccccn12)NCCc1csc(C)n1. The van der Waals surface area contributed by atoms with Crippen molar-refractivity contribution in [2.75, 3.05) is 13.1 Å². The fourth-order valence-electron chi connectivity index (χ4n) is 2.32. The molecule has 0 aliphatic heterocycles. The van der Waals surface area contributed by atoms with Gasteiger partial charge in [0.1, 0.15) is 6.54 Å². The quantitative estimate of drug-likeness (QED) is 0.527. The molecule has 7 nitrogen and oxygen atoms in total. The maximum absolute atomic E-state index is 4.60. The van der Waals surface area contributed by atoms with Crippen LogP contribution in [0, 0.1) is 6.92 Å². The Bertz CT molecular complexity index is 821. The van der Waals surface area contributed by atoms with E-state index in [0.29, 0.717) is 6.54 Å². The van der Waals surface area contributed by atoms with Crippen molar-refractivity contribution in [2.24, 2.45) is 4.99 Å². The average molecular weight is 343 g/mol. The Hall–Kier alpha value is -2.48. The van der Waals surface area contributed by atoms with Crippen molar-refractivity contribution in [3.8, 4) is 0 Å². The Morgan fingerprint density at radius 2 is 2.21 bits per heavy atom. The van der Waals surface area contributed by atoms with Gasteiger partial charge in [-0.25, -0.2) is 9.98 Å². The van der Waals surface area contributed by atoms with Crippen LogP contribution in [0.4, 0.5) is 0 Å². The number of pyridine rings is 1. The summed E-state index contributed by atoms with van der Waals surface area (Å²) in [4.78, 5) is 9.07. The molecule has 3 heterocycles. The van der Waals surface area contributed by atoms with Crippen LogP contribution in [0.3, 0.4) is 0 Å². The van der Waals surface area contributed by atoms with Crippen molar-refractivity contribution >= 4 is 22.9 Å². The summed E-state index contributed by atoms with van der Waals surface area (Å²) in [7, 11) is 0. The molecule has 8 heteroatoms. The Morgan fingerprint density at radius 1 is 1.29 bits per heavy atom. The topological polar surface area (TPSA) is 79.5 Å². The number of guanidine groups is 1. The van der Waals surface area contributed by atoms with Crippen molar-refractivity contribution in [2.45, 2.75) is 26.8 Å². The van der Waals surface area contributed by atoms with Gasteiger partial charge in [0.2, 0.25) is 0 Å². The van der Waals surface area contributed by atoms with Gasteiger partial charge in [-0.3, -0.25) is 4.40 Å². The number of nitrogens with one attached hydrogen (secondary N) is 2. The zero-order chi connectivity index (χ0) is 16.8. The number of thiazole rings is 1. The van der Waals surface area contributed by atoms with Crippen LogP contribution in [-0.4, -0.2) is 38.6 Å². The molecule has 0 amide bonds. The molecule has 0 aliphatic rings. The molecule has 3 rings (SSSR count). The minimum Gasteiger partial charge on any atom is -0.357 e. The maximum atomic E-state index is 4.60. The van der Waals surface area contributed by atoms with E-state index in [9.17, 15) is 0 Å². The first-order valence-corrected chi connectivity index (χ1v) is 8.86. The molecule has 2 N–H and O–H groups in total. The highest BCUT2D eigenvalue weighted by Gasteiger charge is 2.05. The Morgan fingerprint density at radius 3 is 3.00 bits per heavy atom. The molecular weight excluding hydrogens is 322 g/mol. The zero-order valence-electron chi connectivity index (χ0n) is 13.9. The van der Waals surface area contributed by atoms with Crippen LogP contribution in [0.25, 0.3) is 5.65 Å². The summed E-state index contributed by atoms with van der Waals surface area (Å²) in [5, 5.41) is 18.1. The van der Waals surface area contributed by atoms with E-state index in [2.05, 4.69) is 36.2 Å². The number of nitrogens with zero attached hydrogens (tertiary/aromatic N) is 5. The number of aromatic nitrogens is 4. The lowest BCUT2D eigenvalue weighted by molar-refractivity contribution is 0.780. The molecule has 0 aromatic carbocycles. The van der Waals surface area contributed by atoms with Gasteiger partial charge in [0.15, 0.2) is 17.4 Å². The molecule has 0 fully saturated rings. The highest BCUT2D eigenvalue weighted by atomic mass is 32.1. The largest absolute Gasteiger partial charge is 0.357 e. The molecule has 0 atom stereocenters. The molecule has 0 saturated heterocycles. The van der Waals surface area contributed by atoms with Crippen molar-refractivity contribution in [3.63, 3.8) is 0 Å². The predicted molar refractivity (Wildman–Crippen MR) is 96.4 cm³/mol. The number of rotatable bonds is 6. The van der Waals surface area contributed by atoms with Gasteiger partial charge < -0.3 is 10.6 Å². The summed E-state index contributed by atoms with van der Waals surface area (Å²) >= 11 is 1.68. The Kier molecular flexibility index (Phi) is 5.37. The average Bonchev–Trinajstić information content (AvgIpc) is 3.19. The number of hydrogen-bond donors (Lipinski definition) is 2. The normalized spacial score (nSPS) is 11.8. The van der Waals surface area contributed by atoms with Crippen molar-refractivity contribution in [1.29, 1.82) is 0 Å². The first-order chi connectivity index (χ1) is 11.8. The second kappa shape index (κ2) is 7.87. The lowest BCUT2D eigenvalue weighted by atomic mass is 10.3. The molecule has 0 aliphatic carbocycles. The van der Waals surface area contributed by atoms with E-state index in [4.69, 9.17) is 0 Å². The molecular formula is C16H21N7S. The highest BCUT2D eigenvalue weighted by molar-refractivity contribution is 7.09. The molecule has 0 unspecified atom stereocenters. The number of fused-ring (bicyclic) bond motifs is 1. The fraction of sp³-hybridized carbons (Fsp3) is 0.375. The van der Waals surface area contributed by atoms with Gasteiger partial charge in [-0.15, -0.1) is 21.5 Å². The second-order valence-corrected chi connectivity index (χ2v) is 6.34. The van der Waals surface area contributed by atoms with E-state index in [1.54, 1.807) is 11.3 Å². The highest BCUT2D eigenvalue weighted by Crippen LogP contribution is 2.07. The van der Waals surface area contributed by atoms with Gasteiger partial charge in [0, 0.05) is 31.1 Å². The minimum absolute atomic E-state index is 0.469. The van der Waals surface area contributed by atoms with Crippen LogP contribution in [-0.2, 0) is 13.0 Å². The van der Waals surface area contributed by atoms with E-state index in [0.717, 1.165) is 47.6 Å². The number of aliphatic imine (C=N–C) groups is 1. The summed E-state index contributed by atoms with van der Waals surface area (Å²) in [5.74, 6) is 1.59. The van der Waals surface area contributed by atoms with Gasteiger partial charge in [-0.05, 0) is 26.0 Å². The van der Waals surface area contributed by atoms with E-state index in [1.807, 2.05) is 42.6 Å². The van der Waals surface area contributed by atoms with Crippen LogP contribution < -0.4 is 10.6 Å². The first kappa shape index (κ1) is 16.4. The standard InChI is InChI=1S/C16H21N7S/c1-3-17-16(18-8-7-13-11-24-12(2)20-13)19-10-15-22-21-14-6-4-5-9-23(14)15/h4-6,9,11H,3,7-8,10H2,1-2H3,(H2,17,18,19). The van der Waals surface area contributed by atoms with Crippen molar-refractivity contribution in [3.05, 3.63) is 46.3 Å². The third-order valence-corrected chi connectivity index (χ3v) is 4.27. The molecule has 0 bridgehead atoms. The van der Waals surface area contributed by atoms with E-state index in [-0.39, 0.29) is 0 Å². The van der Waals surface area contributed by atoms with Crippen molar-refractivity contribution < 1.29 is 0 Å². The summed E-state index contributed by atoms with van der Waals surface area (Å²) in [5.41, 5.74) is 1.95. The van der Waals surface area contributed by atoms with Gasteiger partial charge in [-0.1, -0.05) is 6.07 Å². The molecule has 3 aromatic heterocycles. The van der Waals surface area contributed by atoms with E-state index in [1.165, 1.54) is 0 Å². The molecule has 24 heavy (non-hydrogen) atoms.